The second kappa shape index (κ2) is 13.1. The molecule has 0 saturated heterocycles. The van der Waals surface area contributed by atoms with E-state index in [0.717, 1.165) is 32.8 Å². The van der Waals surface area contributed by atoms with Crippen LogP contribution in [0.25, 0.3) is 0 Å². The lowest BCUT2D eigenvalue weighted by Crippen LogP contribution is -2.53. The molecule has 8 heteroatoms. The molecule has 0 bridgehead atoms. The van der Waals surface area contributed by atoms with E-state index in [1.54, 1.807) is 12.1 Å². The molecule has 0 aliphatic heterocycles. The van der Waals surface area contributed by atoms with E-state index < -0.39 is 28.5 Å². The Kier molecular flexibility index (Phi) is 10.1. The largest absolute Gasteiger partial charge is 0.355 e. The molecule has 214 valence electrons. The van der Waals surface area contributed by atoms with Crippen LogP contribution in [0.2, 0.25) is 0 Å². The monoisotopic (exact) mass is 563 g/mol. The number of likely N-dealkylation sites (N-methyl/N-ethyl adjacent to an activating group) is 1. The zero-order valence-electron chi connectivity index (χ0n) is 24.3. The molecule has 0 aliphatic carbocycles. The summed E-state index contributed by atoms with van der Waals surface area (Å²) in [6, 6.07) is 23.6. The van der Waals surface area contributed by atoms with Gasteiger partial charge in [-0.05, 0) is 53.6 Å². The van der Waals surface area contributed by atoms with E-state index in [1.165, 1.54) is 4.90 Å². The molecule has 7 nitrogen and oxygen atoms in total. The molecule has 1 atom stereocenters. The van der Waals surface area contributed by atoms with Crippen LogP contribution >= 0.6 is 0 Å². The van der Waals surface area contributed by atoms with Gasteiger partial charge in [0.05, 0.1) is 11.9 Å². The van der Waals surface area contributed by atoms with Crippen LogP contribution in [0.15, 0.2) is 78.9 Å². The van der Waals surface area contributed by atoms with Crippen molar-refractivity contribution in [2.24, 2.45) is 0 Å². The van der Waals surface area contributed by atoms with Gasteiger partial charge >= 0.3 is 0 Å². The first-order chi connectivity index (χ1) is 18.8. The van der Waals surface area contributed by atoms with Crippen LogP contribution in [0.3, 0.4) is 0 Å². The van der Waals surface area contributed by atoms with Crippen LogP contribution in [0.1, 0.15) is 49.9 Å². The summed E-state index contributed by atoms with van der Waals surface area (Å²) >= 11 is 0. The average Bonchev–Trinajstić information content (AvgIpc) is 2.90. The molecule has 0 spiro atoms. The van der Waals surface area contributed by atoms with Crippen LogP contribution in [0, 0.1) is 6.92 Å². The van der Waals surface area contributed by atoms with E-state index in [1.807, 2.05) is 80.6 Å². The van der Waals surface area contributed by atoms with Gasteiger partial charge in [0.1, 0.15) is 12.6 Å². The van der Waals surface area contributed by atoms with E-state index in [9.17, 15) is 18.0 Å². The Hall–Kier alpha value is -3.65. The number of nitrogens with one attached hydrogen (secondary N) is 1. The molecule has 40 heavy (non-hydrogen) atoms. The van der Waals surface area contributed by atoms with E-state index in [4.69, 9.17) is 0 Å². The molecule has 0 fully saturated rings. The number of aryl methyl sites for hydroxylation is 1. The summed E-state index contributed by atoms with van der Waals surface area (Å²) in [5.41, 5.74) is 4.12. The SMILES string of the molecule is CCNC(=O)[C@H](Cc1ccccc1)N(Cc1ccccc1C)C(=O)CN(c1ccc(C(C)(C)C)cc1)S(C)(=O)=O. The Morgan fingerprint density at radius 3 is 2.05 bits per heavy atom. The highest BCUT2D eigenvalue weighted by molar-refractivity contribution is 7.92. The van der Waals surface area contributed by atoms with Crippen LogP contribution in [0.4, 0.5) is 5.69 Å². The maximum absolute atomic E-state index is 14.1. The van der Waals surface area contributed by atoms with Crippen LogP contribution < -0.4 is 9.62 Å². The quantitative estimate of drug-likeness (QED) is 0.362. The normalized spacial score (nSPS) is 12.4. The topological polar surface area (TPSA) is 86.8 Å². The lowest BCUT2D eigenvalue weighted by atomic mass is 9.87. The first-order valence-electron chi connectivity index (χ1n) is 13.5. The number of sulfonamides is 1. The fraction of sp³-hybridized carbons (Fsp3) is 0.375. The average molecular weight is 564 g/mol. The molecular weight excluding hydrogens is 522 g/mol. The van der Waals surface area contributed by atoms with Crippen molar-refractivity contribution in [3.05, 3.63) is 101 Å². The molecule has 3 aromatic carbocycles. The molecule has 0 heterocycles. The van der Waals surface area contributed by atoms with Gasteiger partial charge in [-0.1, -0.05) is 87.5 Å². The van der Waals surface area contributed by atoms with Crippen molar-refractivity contribution < 1.29 is 18.0 Å². The van der Waals surface area contributed by atoms with E-state index in [0.29, 0.717) is 18.7 Å². The van der Waals surface area contributed by atoms with Crippen molar-refractivity contribution in [1.82, 2.24) is 10.2 Å². The number of rotatable bonds is 11. The first kappa shape index (κ1) is 30.9. The van der Waals surface area contributed by atoms with Crippen molar-refractivity contribution in [3.8, 4) is 0 Å². The lowest BCUT2D eigenvalue weighted by Gasteiger charge is -2.34. The number of hydrogen-bond acceptors (Lipinski definition) is 4. The smallest absolute Gasteiger partial charge is 0.244 e. The predicted molar refractivity (Wildman–Crippen MR) is 162 cm³/mol. The van der Waals surface area contributed by atoms with Gasteiger partial charge in [0.15, 0.2) is 0 Å². The number of benzene rings is 3. The van der Waals surface area contributed by atoms with Crippen molar-refractivity contribution in [1.29, 1.82) is 0 Å². The Balaban J connectivity index is 2.04. The zero-order chi connectivity index (χ0) is 29.5. The minimum Gasteiger partial charge on any atom is -0.355 e. The molecule has 3 aromatic rings. The van der Waals surface area contributed by atoms with Gasteiger partial charge in [0.2, 0.25) is 21.8 Å². The molecule has 0 unspecified atom stereocenters. The minimum atomic E-state index is -3.81. The summed E-state index contributed by atoms with van der Waals surface area (Å²) in [5.74, 6) is -0.741. The van der Waals surface area contributed by atoms with Crippen molar-refractivity contribution in [2.75, 3.05) is 23.7 Å². The number of nitrogens with zero attached hydrogens (tertiary/aromatic N) is 2. The predicted octanol–water partition coefficient (Wildman–Crippen LogP) is 4.83. The second-order valence-corrected chi connectivity index (χ2v) is 13.0. The molecule has 0 aromatic heterocycles. The summed E-state index contributed by atoms with van der Waals surface area (Å²) in [7, 11) is -3.81. The standard InChI is InChI=1S/C32H41N3O4S/c1-7-33-31(37)29(21-25-14-9-8-10-15-25)34(22-26-16-12-11-13-24(26)2)30(36)23-35(40(6,38)39)28-19-17-27(18-20-28)32(3,4)5/h8-20,29H,7,21-23H2,1-6H3,(H,33,37)/t29-/m0/s1. The van der Waals surface area contributed by atoms with Gasteiger partial charge < -0.3 is 10.2 Å². The third kappa shape index (κ3) is 8.18. The number of carbonyl (C=O) groups excluding carboxylic acids is 2. The van der Waals surface area contributed by atoms with E-state index in [-0.39, 0.29) is 17.9 Å². The number of hydrogen-bond donors (Lipinski definition) is 1. The Labute approximate surface area is 239 Å². The molecule has 0 aliphatic rings. The van der Waals surface area contributed by atoms with Crippen LogP contribution in [-0.2, 0) is 38.0 Å². The maximum Gasteiger partial charge on any atom is 0.244 e. The molecule has 0 radical (unpaired) electrons. The fourth-order valence-corrected chi connectivity index (χ4v) is 5.41. The molecule has 1 N–H and O–H groups in total. The van der Waals surface area contributed by atoms with Crippen LogP contribution in [0.5, 0.6) is 0 Å². The highest BCUT2D eigenvalue weighted by Crippen LogP contribution is 2.26. The van der Waals surface area contributed by atoms with Crippen molar-refractivity contribution >= 4 is 27.5 Å². The minimum absolute atomic E-state index is 0.105. The molecule has 2 amide bonds. The van der Waals surface area contributed by atoms with E-state index >= 15 is 0 Å². The van der Waals surface area contributed by atoms with Gasteiger partial charge in [0.25, 0.3) is 0 Å². The molecule has 0 saturated carbocycles. The second-order valence-electron chi connectivity index (χ2n) is 11.1. The third-order valence-corrected chi connectivity index (χ3v) is 8.07. The zero-order valence-corrected chi connectivity index (χ0v) is 25.2. The van der Waals surface area contributed by atoms with Gasteiger partial charge in [-0.25, -0.2) is 8.42 Å². The van der Waals surface area contributed by atoms with Crippen molar-refractivity contribution in [2.45, 2.75) is 59.0 Å². The van der Waals surface area contributed by atoms with Gasteiger partial charge in [0, 0.05) is 19.5 Å². The van der Waals surface area contributed by atoms with Crippen LogP contribution in [-0.4, -0.2) is 50.5 Å². The van der Waals surface area contributed by atoms with Gasteiger partial charge in [-0.3, -0.25) is 13.9 Å². The highest BCUT2D eigenvalue weighted by Gasteiger charge is 2.33. The maximum atomic E-state index is 14.1. The Morgan fingerprint density at radius 2 is 1.50 bits per heavy atom. The first-order valence-corrected chi connectivity index (χ1v) is 15.4. The van der Waals surface area contributed by atoms with Crippen molar-refractivity contribution in [3.63, 3.8) is 0 Å². The summed E-state index contributed by atoms with van der Waals surface area (Å²) in [6.45, 7) is 10.2. The Morgan fingerprint density at radius 1 is 0.900 bits per heavy atom. The van der Waals surface area contributed by atoms with E-state index in [2.05, 4.69) is 26.1 Å². The lowest BCUT2D eigenvalue weighted by molar-refractivity contribution is -0.140. The fourth-order valence-electron chi connectivity index (χ4n) is 4.56. The van der Waals surface area contributed by atoms with Gasteiger partial charge in [-0.15, -0.1) is 0 Å². The van der Waals surface area contributed by atoms with Gasteiger partial charge in [-0.2, -0.15) is 0 Å². The number of carbonyl (C=O) groups is 2. The highest BCUT2D eigenvalue weighted by atomic mass is 32.2. The summed E-state index contributed by atoms with van der Waals surface area (Å²) in [5, 5.41) is 2.87. The summed E-state index contributed by atoms with van der Waals surface area (Å²) in [4.78, 5) is 29.0. The number of amides is 2. The summed E-state index contributed by atoms with van der Waals surface area (Å²) in [6.07, 6.45) is 1.39. The molecular formula is C32H41N3O4S. The number of anilines is 1. The third-order valence-electron chi connectivity index (χ3n) is 6.92. The Bertz CT molecular complexity index is 1400. The molecule has 3 rings (SSSR count). The summed E-state index contributed by atoms with van der Waals surface area (Å²) < 4.78 is 27.0.